The van der Waals surface area contributed by atoms with Crippen molar-refractivity contribution >= 4 is 11.9 Å². The normalized spacial score (nSPS) is 24.2. The summed E-state index contributed by atoms with van der Waals surface area (Å²) in [5, 5.41) is 6.92. The lowest BCUT2D eigenvalue weighted by atomic mass is 10.0. The Morgan fingerprint density at radius 2 is 2.03 bits per heavy atom. The van der Waals surface area contributed by atoms with Gasteiger partial charge >= 0.3 is 0 Å². The largest absolute Gasteiger partial charge is 0.356 e. The summed E-state index contributed by atoms with van der Waals surface area (Å²) in [4.78, 5) is 21.4. The molecular formula is C24H39N5O. The van der Waals surface area contributed by atoms with Crippen LogP contribution in [0.1, 0.15) is 45.1 Å². The van der Waals surface area contributed by atoms with Crippen molar-refractivity contribution in [2.75, 3.05) is 39.8 Å². The molecule has 3 rings (SSSR count). The highest BCUT2D eigenvalue weighted by Gasteiger charge is 2.29. The van der Waals surface area contributed by atoms with Gasteiger partial charge in [0, 0.05) is 57.6 Å². The zero-order valence-electron chi connectivity index (χ0n) is 18.9. The second-order valence-electron chi connectivity index (χ2n) is 8.91. The maximum Gasteiger partial charge on any atom is 0.223 e. The molecule has 2 saturated heterocycles. The minimum absolute atomic E-state index is 0.272. The van der Waals surface area contributed by atoms with Gasteiger partial charge in [-0.2, -0.15) is 0 Å². The summed E-state index contributed by atoms with van der Waals surface area (Å²) in [5.74, 6) is 1.45. The molecule has 0 saturated carbocycles. The number of piperidine rings is 1. The van der Waals surface area contributed by atoms with Crippen LogP contribution >= 0.6 is 0 Å². The fourth-order valence-electron chi connectivity index (χ4n) is 4.71. The number of guanidine groups is 1. The standard InChI is InChI=1S/C24H39N5O/c1-19-9-7-8-13-29(19)20(2)16-26-24(25-3)27-17-22-15-23(30)28(18-22)14-12-21-10-5-4-6-11-21/h4-6,10-11,19-20,22H,7-9,12-18H2,1-3H3,(H2,25,26,27). The van der Waals surface area contributed by atoms with Gasteiger partial charge in [0.05, 0.1) is 0 Å². The minimum Gasteiger partial charge on any atom is -0.356 e. The monoisotopic (exact) mass is 413 g/mol. The Labute approximate surface area is 182 Å². The van der Waals surface area contributed by atoms with Gasteiger partial charge in [-0.15, -0.1) is 0 Å². The van der Waals surface area contributed by atoms with E-state index in [9.17, 15) is 4.79 Å². The van der Waals surface area contributed by atoms with Crippen molar-refractivity contribution in [2.45, 2.75) is 58.0 Å². The van der Waals surface area contributed by atoms with Crippen molar-refractivity contribution in [1.82, 2.24) is 20.4 Å². The number of hydrogen-bond donors (Lipinski definition) is 2. The van der Waals surface area contributed by atoms with Gasteiger partial charge in [-0.25, -0.2) is 0 Å². The predicted octanol–water partition coefficient (Wildman–Crippen LogP) is 2.51. The lowest BCUT2D eigenvalue weighted by Gasteiger charge is -2.38. The molecule has 1 aromatic rings. The maximum atomic E-state index is 12.4. The van der Waals surface area contributed by atoms with Crippen molar-refractivity contribution in [1.29, 1.82) is 0 Å². The molecule has 30 heavy (non-hydrogen) atoms. The number of carbonyl (C=O) groups is 1. The van der Waals surface area contributed by atoms with E-state index in [0.29, 0.717) is 24.4 Å². The van der Waals surface area contributed by atoms with E-state index >= 15 is 0 Å². The zero-order valence-corrected chi connectivity index (χ0v) is 18.9. The molecule has 2 fully saturated rings. The average molecular weight is 414 g/mol. The molecule has 3 atom stereocenters. The number of nitrogens with zero attached hydrogens (tertiary/aromatic N) is 3. The quantitative estimate of drug-likeness (QED) is 0.508. The Morgan fingerprint density at radius 1 is 1.23 bits per heavy atom. The fraction of sp³-hybridized carbons (Fsp3) is 0.667. The molecule has 166 valence electrons. The van der Waals surface area contributed by atoms with E-state index in [4.69, 9.17) is 0 Å². The molecule has 2 aliphatic rings. The smallest absolute Gasteiger partial charge is 0.223 e. The number of amides is 1. The molecule has 0 bridgehead atoms. The molecule has 0 aliphatic carbocycles. The van der Waals surface area contributed by atoms with Gasteiger partial charge < -0.3 is 15.5 Å². The molecule has 2 aliphatic heterocycles. The zero-order chi connectivity index (χ0) is 21.3. The second-order valence-corrected chi connectivity index (χ2v) is 8.91. The molecule has 2 heterocycles. The molecule has 0 spiro atoms. The number of nitrogens with one attached hydrogen (secondary N) is 2. The molecule has 0 radical (unpaired) electrons. The highest BCUT2D eigenvalue weighted by atomic mass is 16.2. The van der Waals surface area contributed by atoms with Crippen LogP contribution in [0.25, 0.3) is 0 Å². The molecule has 3 unspecified atom stereocenters. The van der Waals surface area contributed by atoms with E-state index in [-0.39, 0.29) is 5.91 Å². The Hall–Kier alpha value is -2.08. The highest BCUT2D eigenvalue weighted by Crippen LogP contribution is 2.19. The van der Waals surface area contributed by atoms with Crippen molar-refractivity contribution in [3.05, 3.63) is 35.9 Å². The number of rotatable bonds is 8. The van der Waals surface area contributed by atoms with Crippen molar-refractivity contribution in [3.63, 3.8) is 0 Å². The number of benzene rings is 1. The summed E-state index contributed by atoms with van der Waals surface area (Å²) in [6.45, 7) is 9.12. The van der Waals surface area contributed by atoms with E-state index in [1.165, 1.54) is 31.4 Å². The van der Waals surface area contributed by atoms with Crippen LogP contribution in [0.15, 0.2) is 35.3 Å². The summed E-state index contributed by atoms with van der Waals surface area (Å²) in [6, 6.07) is 11.5. The Bertz CT molecular complexity index is 692. The van der Waals surface area contributed by atoms with Gasteiger partial charge in [-0.05, 0) is 45.2 Å². The van der Waals surface area contributed by atoms with Gasteiger partial charge in [-0.3, -0.25) is 14.7 Å². The van der Waals surface area contributed by atoms with Crippen LogP contribution in [0.4, 0.5) is 0 Å². The summed E-state index contributed by atoms with van der Waals surface area (Å²) in [5.41, 5.74) is 1.29. The van der Waals surface area contributed by atoms with E-state index in [1.54, 1.807) is 0 Å². The van der Waals surface area contributed by atoms with E-state index in [2.05, 4.69) is 58.6 Å². The number of aliphatic imine (C=N–C) groups is 1. The van der Waals surface area contributed by atoms with E-state index in [1.807, 2.05) is 18.0 Å². The van der Waals surface area contributed by atoms with E-state index in [0.717, 1.165) is 38.6 Å². The Balaban J connectivity index is 1.38. The molecule has 0 aromatic heterocycles. The lowest BCUT2D eigenvalue weighted by Crippen LogP contribution is -2.50. The van der Waals surface area contributed by atoms with Crippen molar-refractivity contribution < 1.29 is 4.79 Å². The van der Waals surface area contributed by atoms with Crippen LogP contribution in [-0.4, -0.2) is 73.5 Å². The molecule has 2 N–H and O–H groups in total. The summed E-state index contributed by atoms with van der Waals surface area (Å²) < 4.78 is 0. The number of carbonyl (C=O) groups excluding carboxylic acids is 1. The summed E-state index contributed by atoms with van der Waals surface area (Å²) in [7, 11) is 1.81. The van der Waals surface area contributed by atoms with Crippen molar-refractivity contribution in [3.8, 4) is 0 Å². The van der Waals surface area contributed by atoms with Gasteiger partial charge in [0.1, 0.15) is 0 Å². The van der Waals surface area contributed by atoms with Gasteiger partial charge in [-0.1, -0.05) is 36.8 Å². The number of hydrogen-bond acceptors (Lipinski definition) is 3. The molecule has 6 nitrogen and oxygen atoms in total. The first-order valence-electron chi connectivity index (χ1n) is 11.6. The second kappa shape index (κ2) is 11.3. The summed E-state index contributed by atoms with van der Waals surface area (Å²) in [6.07, 6.45) is 5.50. The third-order valence-corrected chi connectivity index (χ3v) is 6.58. The third kappa shape index (κ3) is 6.46. The van der Waals surface area contributed by atoms with Crippen LogP contribution in [-0.2, 0) is 11.2 Å². The van der Waals surface area contributed by atoms with Gasteiger partial charge in [0.2, 0.25) is 5.91 Å². The Kier molecular flexibility index (Phi) is 8.55. The first kappa shape index (κ1) is 22.6. The van der Waals surface area contributed by atoms with Crippen LogP contribution in [0.2, 0.25) is 0 Å². The number of likely N-dealkylation sites (tertiary alicyclic amines) is 2. The van der Waals surface area contributed by atoms with E-state index < -0.39 is 0 Å². The molecule has 6 heteroatoms. The van der Waals surface area contributed by atoms with Crippen LogP contribution in [0.5, 0.6) is 0 Å². The first-order chi connectivity index (χ1) is 14.6. The van der Waals surface area contributed by atoms with Gasteiger partial charge in [0.25, 0.3) is 0 Å². The third-order valence-electron chi connectivity index (χ3n) is 6.58. The molecule has 1 aromatic carbocycles. The maximum absolute atomic E-state index is 12.4. The highest BCUT2D eigenvalue weighted by molar-refractivity contribution is 5.80. The summed E-state index contributed by atoms with van der Waals surface area (Å²) >= 11 is 0. The fourth-order valence-corrected chi connectivity index (χ4v) is 4.71. The lowest BCUT2D eigenvalue weighted by molar-refractivity contribution is -0.127. The van der Waals surface area contributed by atoms with Crippen LogP contribution in [0.3, 0.4) is 0 Å². The Morgan fingerprint density at radius 3 is 2.77 bits per heavy atom. The average Bonchev–Trinajstić information content (AvgIpc) is 3.12. The SMILES string of the molecule is CN=C(NCC1CC(=O)N(CCc2ccccc2)C1)NCC(C)N1CCCCC1C. The molecular weight excluding hydrogens is 374 g/mol. The predicted molar refractivity (Wildman–Crippen MR) is 124 cm³/mol. The van der Waals surface area contributed by atoms with Gasteiger partial charge in [0.15, 0.2) is 5.96 Å². The van der Waals surface area contributed by atoms with Crippen molar-refractivity contribution in [2.24, 2.45) is 10.9 Å². The van der Waals surface area contributed by atoms with Crippen LogP contribution < -0.4 is 10.6 Å². The first-order valence-corrected chi connectivity index (χ1v) is 11.6. The minimum atomic E-state index is 0.272. The topological polar surface area (TPSA) is 60.0 Å². The molecule has 1 amide bonds. The van der Waals surface area contributed by atoms with Crippen LogP contribution in [0, 0.1) is 5.92 Å².